The number of carbonyl (C=O) groups excluding carboxylic acids is 2. The third-order valence-corrected chi connectivity index (χ3v) is 7.20. The van der Waals surface area contributed by atoms with Crippen LogP contribution < -0.4 is 5.32 Å². The Balaban J connectivity index is 1.87. The average molecular weight is 652 g/mol. The molecule has 46 heavy (non-hydrogen) atoms. The lowest BCUT2D eigenvalue weighted by Crippen LogP contribution is -2.51. The van der Waals surface area contributed by atoms with Crippen LogP contribution in [0.2, 0.25) is 0 Å². The van der Waals surface area contributed by atoms with E-state index in [2.05, 4.69) is 27.4 Å². The minimum Gasteiger partial charge on any atom is -0.444 e. The number of ether oxygens (including phenoxy) is 2. The van der Waals surface area contributed by atoms with Gasteiger partial charge in [0.05, 0.1) is 17.3 Å². The van der Waals surface area contributed by atoms with E-state index in [-0.39, 0.29) is 29.5 Å². The first kappa shape index (κ1) is 36.8. The zero-order valence-corrected chi connectivity index (χ0v) is 28.1. The van der Waals surface area contributed by atoms with Gasteiger partial charge in [-0.25, -0.2) is 14.6 Å². The smallest absolute Gasteiger partial charge is 0.437 e. The zero-order valence-electron chi connectivity index (χ0n) is 28.1. The number of halogens is 3. The number of hydrogen-bond donors (Lipinski definition) is 1. The highest BCUT2D eigenvalue weighted by Crippen LogP contribution is 2.34. The molecule has 2 amide bonds. The molecular weight excluding hydrogens is 603 g/mol. The first-order valence-electron chi connectivity index (χ1n) is 16.0. The largest absolute Gasteiger partial charge is 0.444 e. The number of hydrogen-bond acceptors (Lipinski definition) is 7. The summed E-state index contributed by atoms with van der Waals surface area (Å²) in [6.45, 7) is 12.7. The molecule has 13 heteroatoms. The zero-order chi connectivity index (χ0) is 34.1. The number of aliphatic imine (C=N–C) groups is 2. The fourth-order valence-corrected chi connectivity index (χ4v) is 5.23. The molecule has 1 fully saturated rings. The molecule has 0 radical (unpaired) electrons. The Bertz CT molecular complexity index is 1310. The second-order valence-electron chi connectivity index (χ2n) is 13.6. The Morgan fingerprint density at radius 2 is 1.70 bits per heavy atom. The van der Waals surface area contributed by atoms with Gasteiger partial charge in [0, 0.05) is 12.1 Å². The number of guanidine groups is 1. The number of oxime groups is 1. The molecule has 0 bridgehead atoms. The van der Waals surface area contributed by atoms with Gasteiger partial charge in [-0.2, -0.15) is 13.2 Å². The van der Waals surface area contributed by atoms with Crippen molar-refractivity contribution >= 4 is 29.7 Å². The number of amides is 2. The molecule has 1 atom stereocenters. The van der Waals surface area contributed by atoms with Crippen LogP contribution in [0.4, 0.5) is 22.8 Å². The van der Waals surface area contributed by atoms with Crippen molar-refractivity contribution in [2.24, 2.45) is 15.1 Å². The van der Waals surface area contributed by atoms with Crippen LogP contribution in [0.5, 0.6) is 0 Å². The topological polar surface area (TPSA) is 114 Å². The normalized spacial score (nSPS) is 17.7. The Morgan fingerprint density at radius 1 is 1.02 bits per heavy atom. The lowest BCUT2D eigenvalue weighted by atomic mass is 9.97. The van der Waals surface area contributed by atoms with Crippen molar-refractivity contribution in [1.82, 2.24) is 10.2 Å². The summed E-state index contributed by atoms with van der Waals surface area (Å²) < 4.78 is 53.2. The number of alkyl carbamates (subject to hydrolysis) is 1. The number of alkyl halides is 3. The number of benzene rings is 1. The van der Waals surface area contributed by atoms with Crippen molar-refractivity contribution in [1.29, 1.82) is 0 Å². The molecule has 0 spiro atoms. The minimum atomic E-state index is -4.54. The molecule has 1 aromatic carbocycles. The van der Waals surface area contributed by atoms with Crippen molar-refractivity contribution in [3.63, 3.8) is 0 Å². The van der Waals surface area contributed by atoms with E-state index in [0.717, 1.165) is 38.2 Å². The van der Waals surface area contributed by atoms with Gasteiger partial charge < -0.3 is 19.2 Å². The van der Waals surface area contributed by atoms with Crippen LogP contribution in [0, 0.1) is 0 Å². The Hall–Kier alpha value is -3.64. The maximum Gasteiger partial charge on any atom is 0.437 e. The summed E-state index contributed by atoms with van der Waals surface area (Å²) in [6.07, 6.45) is 1.19. The molecule has 10 nitrogen and oxygen atoms in total. The van der Waals surface area contributed by atoms with Gasteiger partial charge in [-0.15, -0.1) is 4.99 Å². The number of aryl methyl sites for hydroxylation is 1. The molecule has 1 saturated heterocycles. The van der Waals surface area contributed by atoms with E-state index >= 15 is 0 Å². The van der Waals surface area contributed by atoms with E-state index in [4.69, 9.17) is 14.3 Å². The number of amidine groups is 1. The van der Waals surface area contributed by atoms with E-state index in [1.54, 1.807) is 52.5 Å². The van der Waals surface area contributed by atoms with E-state index in [0.29, 0.717) is 37.9 Å². The van der Waals surface area contributed by atoms with Crippen LogP contribution in [0.1, 0.15) is 117 Å². The maximum absolute atomic E-state index is 14.1. The molecule has 0 saturated carbocycles. The van der Waals surface area contributed by atoms with Gasteiger partial charge in [0.2, 0.25) is 5.96 Å². The fraction of sp³-hybridized carbons (Fsp3) is 0.667. The molecule has 2 heterocycles. The quantitative estimate of drug-likeness (QED) is 0.164. The van der Waals surface area contributed by atoms with Crippen LogP contribution in [-0.2, 0) is 26.9 Å². The van der Waals surface area contributed by atoms with E-state index in [1.807, 2.05) is 0 Å². The van der Waals surface area contributed by atoms with Gasteiger partial charge in [-0.3, -0.25) is 5.32 Å². The van der Waals surface area contributed by atoms with E-state index < -0.39 is 41.2 Å². The summed E-state index contributed by atoms with van der Waals surface area (Å²) in [5.74, 6) is -0.0772. The summed E-state index contributed by atoms with van der Waals surface area (Å²) in [7, 11) is 0. The van der Waals surface area contributed by atoms with Crippen molar-refractivity contribution in [2.75, 3.05) is 13.2 Å². The highest BCUT2D eigenvalue weighted by molar-refractivity contribution is 6.11. The van der Waals surface area contributed by atoms with Crippen molar-refractivity contribution in [2.45, 2.75) is 130 Å². The second-order valence-corrected chi connectivity index (χ2v) is 13.6. The first-order valence-corrected chi connectivity index (χ1v) is 16.0. The van der Waals surface area contributed by atoms with Crippen LogP contribution in [0.3, 0.4) is 0 Å². The third kappa shape index (κ3) is 11.6. The Kier molecular flexibility index (Phi) is 12.6. The van der Waals surface area contributed by atoms with Crippen LogP contribution in [-0.4, -0.2) is 65.0 Å². The van der Waals surface area contributed by atoms with Gasteiger partial charge in [0.25, 0.3) is 0 Å². The lowest BCUT2D eigenvalue weighted by molar-refractivity contribution is -0.138. The van der Waals surface area contributed by atoms with Crippen molar-refractivity contribution in [3.05, 3.63) is 34.9 Å². The number of unbranched alkanes of at least 4 members (excludes halogenated alkanes) is 5. The molecular formula is C33H48F3N5O5. The number of likely N-dealkylation sites (tertiary alicyclic amines) is 1. The summed E-state index contributed by atoms with van der Waals surface area (Å²) in [4.78, 5) is 41.2. The van der Waals surface area contributed by atoms with Crippen LogP contribution in [0.25, 0.3) is 0 Å². The highest BCUT2D eigenvalue weighted by atomic mass is 19.4. The molecule has 0 aliphatic carbocycles. The van der Waals surface area contributed by atoms with Crippen molar-refractivity contribution < 1.29 is 37.1 Å². The fourth-order valence-electron chi connectivity index (χ4n) is 5.23. The Morgan fingerprint density at radius 3 is 2.35 bits per heavy atom. The first-order chi connectivity index (χ1) is 21.5. The lowest BCUT2D eigenvalue weighted by Gasteiger charge is -2.30. The standard InChI is InChI=1S/C33H48F3N5O5/c1-8-9-10-11-12-13-15-22-17-18-23(20-24(22)33(34,35)36)27-37-25(21-44-40-27)26-16-14-19-41(26)28(38-29(42)45-31(2,3)4)39-30(43)46-32(5,6)7/h17-18,20,26H,8-16,19,21H2,1-7H3,(H,38,39,42,43)/t26-/m0/s1. The van der Waals surface area contributed by atoms with Gasteiger partial charge in [0.15, 0.2) is 12.4 Å². The molecule has 256 valence electrons. The third-order valence-electron chi connectivity index (χ3n) is 7.20. The summed E-state index contributed by atoms with van der Waals surface area (Å²) in [5, 5.41) is 6.54. The van der Waals surface area contributed by atoms with Crippen molar-refractivity contribution in [3.8, 4) is 0 Å². The summed E-state index contributed by atoms with van der Waals surface area (Å²) >= 11 is 0. The number of carbonyl (C=O) groups is 2. The summed E-state index contributed by atoms with van der Waals surface area (Å²) in [5.41, 5.74) is -1.46. The van der Waals surface area contributed by atoms with Gasteiger partial charge in [0.1, 0.15) is 11.2 Å². The van der Waals surface area contributed by atoms with E-state index in [1.165, 1.54) is 6.07 Å². The minimum absolute atomic E-state index is 0.00967. The highest BCUT2D eigenvalue weighted by Gasteiger charge is 2.37. The predicted octanol–water partition coefficient (Wildman–Crippen LogP) is 8.02. The van der Waals surface area contributed by atoms with E-state index in [9.17, 15) is 22.8 Å². The molecule has 2 aliphatic rings. The maximum atomic E-state index is 14.1. The SMILES string of the molecule is CCCCCCCCc1ccc(C2=NOCC([C@@H]3CCCN3C(=NC(=O)OC(C)(C)C)NC(=O)OC(C)(C)C)=N2)cc1C(F)(F)F. The predicted molar refractivity (Wildman–Crippen MR) is 171 cm³/mol. The van der Waals surface area contributed by atoms with Crippen LogP contribution >= 0.6 is 0 Å². The average Bonchev–Trinajstić information content (AvgIpc) is 3.42. The molecule has 2 aliphatic heterocycles. The number of nitrogens with zero attached hydrogens (tertiary/aromatic N) is 4. The van der Waals surface area contributed by atoms with Gasteiger partial charge in [-0.05, 0) is 78.9 Å². The Labute approximate surface area is 269 Å². The molecule has 1 aromatic rings. The molecule has 0 aromatic heterocycles. The number of nitrogens with one attached hydrogen (secondary N) is 1. The van der Waals surface area contributed by atoms with Gasteiger partial charge in [-0.1, -0.05) is 56.3 Å². The second kappa shape index (κ2) is 15.8. The van der Waals surface area contributed by atoms with Crippen LogP contribution in [0.15, 0.2) is 33.3 Å². The summed E-state index contributed by atoms with van der Waals surface area (Å²) in [6, 6.07) is 3.67. The molecule has 1 N–H and O–H groups in total. The monoisotopic (exact) mass is 651 g/mol. The molecule has 0 unspecified atom stereocenters. The molecule has 3 rings (SSSR count). The van der Waals surface area contributed by atoms with Gasteiger partial charge >= 0.3 is 18.4 Å². The number of rotatable bonds is 9.